The van der Waals surface area contributed by atoms with Crippen molar-refractivity contribution in [3.8, 4) is 11.3 Å². The quantitative estimate of drug-likeness (QED) is 0.536. The highest BCUT2D eigenvalue weighted by Crippen LogP contribution is 2.29. The zero-order valence-corrected chi connectivity index (χ0v) is 15.5. The average molecular weight is 406 g/mol. The summed E-state index contributed by atoms with van der Waals surface area (Å²) in [6, 6.07) is 10.5. The van der Waals surface area contributed by atoms with E-state index in [0.29, 0.717) is 22.8 Å². The first-order valence-corrected chi connectivity index (χ1v) is 8.83. The number of hydrogen-bond donors (Lipinski definition) is 0. The molecule has 0 bridgehead atoms. The maximum absolute atomic E-state index is 13.0. The lowest BCUT2D eigenvalue weighted by molar-refractivity contribution is -0.137. The van der Waals surface area contributed by atoms with Gasteiger partial charge < -0.3 is 9.32 Å². The molecule has 29 heavy (non-hydrogen) atoms. The van der Waals surface area contributed by atoms with Crippen LogP contribution in [0.5, 0.6) is 0 Å². The normalized spacial score (nSPS) is 11.5. The number of hydrogen-bond acceptors (Lipinski definition) is 3. The van der Waals surface area contributed by atoms with Gasteiger partial charge in [0.15, 0.2) is 11.7 Å². The summed E-state index contributed by atoms with van der Waals surface area (Å²) in [7, 11) is 1.58. The predicted molar refractivity (Wildman–Crippen MR) is 98.1 cm³/mol. The summed E-state index contributed by atoms with van der Waals surface area (Å²) >= 11 is 0. The molecule has 0 aliphatic carbocycles. The molecule has 1 heterocycles. The monoisotopic (exact) mass is 406 g/mol. The van der Waals surface area contributed by atoms with Crippen LogP contribution in [0.2, 0.25) is 0 Å². The van der Waals surface area contributed by atoms with E-state index in [4.69, 9.17) is 4.42 Å². The van der Waals surface area contributed by atoms with Gasteiger partial charge in [0.2, 0.25) is 5.91 Å². The van der Waals surface area contributed by atoms with E-state index in [2.05, 4.69) is 4.98 Å². The van der Waals surface area contributed by atoms with Gasteiger partial charge in [-0.1, -0.05) is 12.1 Å². The SMILES string of the molecule is CN(Cc1ccc(C(F)(F)F)cc1)C(=O)CCc1ncc(-c2ccc(F)cc2)o1. The standard InChI is InChI=1S/C21H18F4N2O2/c1-27(13-14-2-6-16(7-3-14)21(23,24)25)20(28)11-10-19-26-12-18(29-19)15-4-8-17(22)9-5-15/h2-9,12H,10-11,13H2,1H3. The molecule has 0 saturated carbocycles. The molecule has 2 aromatic carbocycles. The van der Waals surface area contributed by atoms with Crippen LogP contribution < -0.4 is 0 Å². The van der Waals surface area contributed by atoms with Crippen LogP contribution in [0, 0.1) is 5.82 Å². The van der Waals surface area contributed by atoms with Gasteiger partial charge in [0.1, 0.15) is 5.82 Å². The molecule has 4 nitrogen and oxygen atoms in total. The van der Waals surface area contributed by atoms with Gasteiger partial charge in [-0.2, -0.15) is 13.2 Å². The van der Waals surface area contributed by atoms with Crippen molar-refractivity contribution in [1.29, 1.82) is 0 Å². The van der Waals surface area contributed by atoms with Crippen molar-refractivity contribution in [1.82, 2.24) is 9.88 Å². The van der Waals surface area contributed by atoms with Crippen LogP contribution in [0.4, 0.5) is 17.6 Å². The summed E-state index contributed by atoms with van der Waals surface area (Å²) in [5.41, 5.74) is 0.551. The Morgan fingerprint density at radius 3 is 2.34 bits per heavy atom. The van der Waals surface area contributed by atoms with Crippen LogP contribution >= 0.6 is 0 Å². The smallest absolute Gasteiger partial charge is 0.416 e. The second-order valence-corrected chi connectivity index (χ2v) is 6.57. The highest BCUT2D eigenvalue weighted by molar-refractivity contribution is 5.76. The summed E-state index contributed by atoms with van der Waals surface area (Å²) in [6.07, 6.45) is -2.46. The van der Waals surface area contributed by atoms with E-state index >= 15 is 0 Å². The Balaban J connectivity index is 1.53. The number of alkyl halides is 3. The van der Waals surface area contributed by atoms with Gasteiger partial charge in [0, 0.05) is 32.0 Å². The van der Waals surface area contributed by atoms with Crippen molar-refractivity contribution in [2.24, 2.45) is 0 Å². The van der Waals surface area contributed by atoms with Crippen LogP contribution in [0.15, 0.2) is 59.1 Å². The third-order valence-electron chi connectivity index (χ3n) is 4.36. The molecule has 1 amide bonds. The topological polar surface area (TPSA) is 46.3 Å². The molecule has 0 atom stereocenters. The predicted octanol–water partition coefficient (Wildman–Crippen LogP) is 5.09. The van der Waals surface area contributed by atoms with Gasteiger partial charge in [-0.15, -0.1) is 0 Å². The van der Waals surface area contributed by atoms with Crippen molar-refractivity contribution in [3.63, 3.8) is 0 Å². The summed E-state index contributed by atoms with van der Waals surface area (Å²) in [4.78, 5) is 17.9. The van der Waals surface area contributed by atoms with Crippen molar-refractivity contribution < 1.29 is 26.8 Å². The molecule has 3 rings (SSSR count). The molecule has 0 fully saturated rings. The molecule has 8 heteroatoms. The van der Waals surface area contributed by atoms with Gasteiger partial charge in [0.25, 0.3) is 0 Å². The van der Waals surface area contributed by atoms with Gasteiger partial charge >= 0.3 is 6.18 Å². The fourth-order valence-corrected chi connectivity index (χ4v) is 2.74. The van der Waals surface area contributed by atoms with E-state index in [0.717, 1.165) is 12.1 Å². The molecule has 0 N–H and O–H groups in total. The summed E-state index contributed by atoms with van der Waals surface area (Å²) < 4.78 is 56.4. The van der Waals surface area contributed by atoms with E-state index in [1.807, 2.05) is 0 Å². The zero-order chi connectivity index (χ0) is 21.0. The number of oxazole rings is 1. The van der Waals surface area contributed by atoms with Crippen LogP contribution in [0.25, 0.3) is 11.3 Å². The number of halogens is 4. The first kappa shape index (κ1) is 20.6. The average Bonchev–Trinajstić information content (AvgIpc) is 3.15. The number of benzene rings is 2. The molecule has 0 unspecified atom stereocenters. The Kier molecular flexibility index (Phi) is 6.00. The minimum absolute atomic E-state index is 0.139. The van der Waals surface area contributed by atoms with Crippen molar-refractivity contribution >= 4 is 5.91 Å². The second kappa shape index (κ2) is 8.46. The number of aromatic nitrogens is 1. The number of rotatable bonds is 6. The first-order chi connectivity index (χ1) is 13.7. The maximum Gasteiger partial charge on any atom is 0.416 e. The Labute approximate surface area is 164 Å². The molecule has 0 saturated heterocycles. The minimum atomic E-state index is -4.39. The number of nitrogens with zero attached hydrogens (tertiary/aromatic N) is 2. The molecule has 0 aliphatic heterocycles. The fourth-order valence-electron chi connectivity index (χ4n) is 2.74. The minimum Gasteiger partial charge on any atom is -0.441 e. The molecule has 152 valence electrons. The molecule has 1 aromatic heterocycles. The molecule has 3 aromatic rings. The second-order valence-electron chi connectivity index (χ2n) is 6.57. The van der Waals surface area contributed by atoms with Gasteiger partial charge in [0.05, 0.1) is 11.8 Å². The van der Waals surface area contributed by atoms with Gasteiger partial charge in [-0.25, -0.2) is 9.37 Å². The lowest BCUT2D eigenvalue weighted by Gasteiger charge is -2.17. The van der Waals surface area contributed by atoms with E-state index in [9.17, 15) is 22.4 Å². The van der Waals surface area contributed by atoms with Crippen molar-refractivity contribution in [2.75, 3.05) is 7.05 Å². The van der Waals surface area contributed by atoms with Crippen LogP contribution in [0.1, 0.15) is 23.4 Å². The van der Waals surface area contributed by atoms with Crippen LogP contribution in [-0.2, 0) is 23.9 Å². The third kappa shape index (κ3) is 5.43. The first-order valence-electron chi connectivity index (χ1n) is 8.83. The van der Waals surface area contributed by atoms with E-state index in [-0.39, 0.29) is 31.1 Å². The highest BCUT2D eigenvalue weighted by atomic mass is 19.4. The largest absolute Gasteiger partial charge is 0.441 e. The van der Waals surface area contributed by atoms with E-state index in [1.165, 1.54) is 35.4 Å². The lowest BCUT2D eigenvalue weighted by atomic mass is 10.1. The highest BCUT2D eigenvalue weighted by Gasteiger charge is 2.30. The van der Waals surface area contributed by atoms with Crippen molar-refractivity contribution in [2.45, 2.75) is 25.6 Å². The molecular formula is C21H18F4N2O2. The van der Waals surface area contributed by atoms with E-state index in [1.54, 1.807) is 19.2 Å². The van der Waals surface area contributed by atoms with Crippen LogP contribution in [-0.4, -0.2) is 22.8 Å². The number of amides is 1. The van der Waals surface area contributed by atoms with Crippen LogP contribution in [0.3, 0.4) is 0 Å². The summed E-state index contributed by atoms with van der Waals surface area (Å²) in [5, 5.41) is 0. The molecule has 0 radical (unpaired) electrons. The molecule has 0 aliphatic rings. The van der Waals surface area contributed by atoms with Gasteiger partial charge in [-0.05, 0) is 42.0 Å². The Morgan fingerprint density at radius 2 is 1.72 bits per heavy atom. The number of carbonyl (C=O) groups excluding carboxylic acids is 1. The summed E-state index contributed by atoms with van der Waals surface area (Å²) in [5.74, 6) is 0.313. The molecular weight excluding hydrogens is 388 g/mol. The lowest BCUT2D eigenvalue weighted by Crippen LogP contribution is -2.26. The fraction of sp³-hybridized carbons (Fsp3) is 0.238. The summed E-state index contributed by atoms with van der Waals surface area (Å²) in [6.45, 7) is 0.198. The number of aryl methyl sites for hydroxylation is 1. The Morgan fingerprint density at radius 1 is 1.07 bits per heavy atom. The van der Waals surface area contributed by atoms with Crippen molar-refractivity contribution in [3.05, 3.63) is 77.6 Å². The van der Waals surface area contributed by atoms with Gasteiger partial charge in [-0.3, -0.25) is 4.79 Å². The zero-order valence-electron chi connectivity index (χ0n) is 15.5. The Hall–Kier alpha value is -3.16. The molecule has 0 spiro atoms. The maximum atomic E-state index is 13.0. The third-order valence-corrected chi connectivity index (χ3v) is 4.36. The van der Waals surface area contributed by atoms with E-state index < -0.39 is 11.7 Å². The Bertz CT molecular complexity index is 964. The number of carbonyl (C=O) groups is 1.